The predicted octanol–water partition coefficient (Wildman–Crippen LogP) is 0.439. The summed E-state index contributed by atoms with van der Waals surface area (Å²) in [4.78, 5) is 25.2. The summed E-state index contributed by atoms with van der Waals surface area (Å²) < 4.78 is 0. The molecule has 1 atom stereocenters. The van der Waals surface area contributed by atoms with Gasteiger partial charge < -0.3 is 15.7 Å². The molecule has 0 bridgehead atoms. The highest BCUT2D eigenvalue weighted by Gasteiger charge is 2.49. The van der Waals surface area contributed by atoms with Gasteiger partial charge in [0.1, 0.15) is 0 Å². The summed E-state index contributed by atoms with van der Waals surface area (Å²) in [7, 11) is 0. The maximum atomic E-state index is 12.3. The average Bonchev–Trinajstić information content (AvgIpc) is 2.61. The molecule has 5 nitrogen and oxygen atoms in total. The molecule has 1 aliphatic carbocycles. The van der Waals surface area contributed by atoms with E-state index in [0.717, 1.165) is 19.3 Å². The van der Waals surface area contributed by atoms with Gasteiger partial charge in [-0.15, -0.1) is 0 Å². The van der Waals surface area contributed by atoms with Gasteiger partial charge in [0.15, 0.2) is 0 Å². The number of rotatable bonds is 3. The molecule has 3 N–H and O–H groups in total. The van der Waals surface area contributed by atoms with Gasteiger partial charge in [-0.1, -0.05) is 6.42 Å². The number of likely N-dealkylation sites (tertiary alicyclic amines) is 1. The SMILES string of the molecule is CC1(C(=O)O)CCN(C(=O)C2(CN)CCC2)C1. The Morgan fingerprint density at radius 1 is 1.35 bits per heavy atom. The first-order valence-corrected chi connectivity index (χ1v) is 6.16. The Labute approximate surface area is 101 Å². The fraction of sp³-hybridized carbons (Fsp3) is 0.833. The standard InChI is InChI=1S/C12H20N2O3/c1-11(10(16)17)5-6-14(8-11)9(15)12(7-13)3-2-4-12/h2-8,13H2,1H3,(H,16,17). The Kier molecular flexibility index (Phi) is 2.89. The average molecular weight is 240 g/mol. The Balaban J connectivity index is 2.06. The fourth-order valence-electron chi connectivity index (χ4n) is 2.75. The number of carbonyl (C=O) groups is 2. The molecule has 0 aromatic heterocycles. The summed E-state index contributed by atoms with van der Waals surface area (Å²) >= 11 is 0. The van der Waals surface area contributed by atoms with Crippen molar-refractivity contribution in [1.82, 2.24) is 4.90 Å². The third kappa shape index (κ3) is 1.82. The lowest BCUT2D eigenvalue weighted by Crippen LogP contribution is -2.51. The normalized spacial score (nSPS) is 31.1. The third-order valence-electron chi connectivity index (χ3n) is 4.43. The van der Waals surface area contributed by atoms with Crippen molar-refractivity contribution in [1.29, 1.82) is 0 Å². The zero-order valence-electron chi connectivity index (χ0n) is 10.2. The molecule has 2 fully saturated rings. The molecule has 0 radical (unpaired) electrons. The number of carboxylic acids is 1. The van der Waals surface area contributed by atoms with Gasteiger partial charge in [-0.25, -0.2) is 0 Å². The van der Waals surface area contributed by atoms with Gasteiger partial charge in [-0.2, -0.15) is 0 Å². The highest BCUT2D eigenvalue weighted by Crippen LogP contribution is 2.43. The molecule has 2 rings (SSSR count). The van der Waals surface area contributed by atoms with Crippen LogP contribution in [-0.4, -0.2) is 41.5 Å². The second-order valence-corrected chi connectivity index (χ2v) is 5.68. The van der Waals surface area contributed by atoms with Crippen LogP contribution in [0.25, 0.3) is 0 Å². The molecule has 0 aromatic rings. The second-order valence-electron chi connectivity index (χ2n) is 5.68. The van der Waals surface area contributed by atoms with Gasteiger partial charge in [-0.3, -0.25) is 9.59 Å². The maximum absolute atomic E-state index is 12.3. The van der Waals surface area contributed by atoms with Crippen molar-refractivity contribution >= 4 is 11.9 Å². The van der Waals surface area contributed by atoms with Crippen LogP contribution in [-0.2, 0) is 9.59 Å². The minimum atomic E-state index is -0.816. The molecule has 1 saturated heterocycles. The molecule has 5 heteroatoms. The number of amides is 1. The maximum Gasteiger partial charge on any atom is 0.311 e. The van der Waals surface area contributed by atoms with Crippen LogP contribution in [0.4, 0.5) is 0 Å². The third-order valence-corrected chi connectivity index (χ3v) is 4.43. The molecule has 96 valence electrons. The zero-order chi connectivity index (χ0) is 12.7. The van der Waals surface area contributed by atoms with E-state index in [2.05, 4.69) is 0 Å². The molecule has 1 amide bonds. The van der Waals surface area contributed by atoms with Gasteiger partial charge in [-0.05, 0) is 26.2 Å². The van der Waals surface area contributed by atoms with Crippen LogP contribution in [0.3, 0.4) is 0 Å². The van der Waals surface area contributed by atoms with E-state index in [1.807, 2.05) is 0 Å². The first-order chi connectivity index (χ1) is 7.93. The smallest absolute Gasteiger partial charge is 0.311 e. The van der Waals surface area contributed by atoms with Crippen molar-refractivity contribution in [3.05, 3.63) is 0 Å². The number of hydrogen-bond acceptors (Lipinski definition) is 3. The van der Waals surface area contributed by atoms with Crippen LogP contribution < -0.4 is 5.73 Å². The van der Waals surface area contributed by atoms with Gasteiger partial charge in [0.25, 0.3) is 0 Å². The van der Waals surface area contributed by atoms with Gasteiger partial charge in [0.05, 0.1) is 10.8 Å². The minimum Gasteiger partial charge on any atom is -0.481 e. The Bertz CT molecular complexity index is 346. The topological polar surface area (TPSA) is 83.6 Å². The van der Waals surface area contributed by atoms with Gasteiger partial charge >= 0.3 is 5.97 Å². The monoisotopic (exact) mass is 240 g/mol. The van der Waals surface area contributed by atoms with Crippen LogP contribution in [0.1, 0.15) is 32.6 Å². The summed E-state index contributed by atoms with van der Waals surface area (Å²) in [6.45, 7) is 2.96. The first kappa shape index (κ1) is 12.4. The highest BCUT2D eigenvalue weighted by atomic mass is 16.4. The number of nitrogens with two attached hydrogens (primary N) is 1. The van der Waals surface area contributed by atoms with E-state index in [0.29, 0.717) is 26.1 Å². The second kappa shape index (κ2) is 3.98. The fourth-order valence-corrected chi connectivity index (χ4v) is 2.75. The Morgan fingerprint density at radius 2 is 2.00 bits per heavy atom. The van der Waals surface area contributed by atoms with Crippen LogP contribution >= 0.6 is 0 Å². The van der Waals surface area contributed by atoms with Crippen molar-refractivity contribution in [3.63, 3.8) is 0 Å². The van der Waals surface area contributed by atoms with Crippen molar-refractivity contribution < 1.29 is 14.7 Å². The predicted molar refractivity (Wildman–Crippen MR) is 62.3 cm³/mol. The van der Waals surface area contributed by atoms with E-state index >= 15 is 0 Å². The summed E-state index contributed by atoms with van der Waals surface area (Å²) in [5, 5.41) is 9.14. The quantitative estimate of drug-likeness (QED) is 0.749. The van der Waals surface area contributed by atoms with Crippen LogP contribution in [0.15, 0.2) is 0 Å². The van der Waals surface area contributed by atoms with Gasteiger partial charge in [0, 0.05) is 19.6 Å². The molecule has 2 aliphatic rings. The molecule has 1 heterocycles. The lowest BCUT2D eigenvalue weighted by Gasteiger charge is -2.42. The summed E-state index contributed by atoms with van der Waals surface area (Å²) in [5.74, 6) is -0.751. The number of aliphatic carboxylic acids is 1. The van der Waals surface area contributed by atoms with Gasteiger partial charge in [0.2, 0.25) is 5.91 Å². The number of carbonyl (C=O) groups excluding carboxylic acids is 1. The summed E-state index contributed by atoms with van der Waals surface area (Å²) in [6, 6.07) is 0. The molecule has 1 aliphatic heterocycles. The van der Waals surface area contributed by atoms with Crippen molar-refractivity contribution in [3.8, 4) is 0 Å². The van der Waals surface area contributed by atoms with E-state index in [-0.39, 0.29) is 11.3 Å². The number of hydrogen-bond donors (Lipinski definition) is 2. The number of nitrogens with zero attached hydrogens (tertiary/aromatic N) is 1. The summed E-state index contributed by atoms with van der Waals surface area (Å²) in [5.41, 5.74) is 4.53. The lowest BCUT2D eigenvalue weighted by molar-refractivity contribution is -0.149. The molecule has 1 unspecified atom stereocenters. The number of carboxylic acid groups (broad SMARTS) is 1. The van der Waals surface area contributed by atoms with Crippen LogP contribution in [0.5, 0.6) is 0 Å². The summed E-state index contributed by atoms with van der Waals surface area (Å²) in [6.07, 6.45) is 3.28. The van der Waals surface area contributed by atoms with E-state index in [9.17, 15) is 9.59 Å². The van der Waals surface area contributed by atoms with Crippen LogP contribution in [0, 0.1) is 10.8 Å². The molecular formula is C12H20N2O3. The lowest BCUT2D eigenvalue weighted by atomic mass is 9.68. The molecule has 0 aromatic carbocycles. The van der Waals surface area contributed by atoms with E-state index in [1.54, 1.807) is 11.8 Å². The van der Waals surface area contributed by atoms with E-state index in [1.165, 1.54) is 0 Å². The van der Waals surface area contributed by atoms with E-state index in [4.69, 9.17) is 10.8 Å². The highest BCUT2D eigenvalue weighted by molar-refractivity contribution is 5.85. The van der Waals surface area contributed by atoms with E-state index < -0.39 is 11.4 Å². The zero-order valence-corrected chi connectivity index (χ0v) is 10.2. The Hall–Kier alpha value is -1.10. The first-order valence-electron chi connectivity index (χ1n) is 6.16. The van der Waals surface area contributed by atoms with Crippen LogP contribution in [0.2, 0.25) is 0 Å². The minimum absolute atomic E-state index is 0.0659. The van der Waals surface area contributed by atoms with Crippen molar-refractivity contribution in [2.24, 2.45) is 16.6 Å². The van der Waals surface area contributed by atoms with Crippen molar-refractivity contribution in [2.75, 3.05) is 19.6 Å². The largest absolute Gasteiger partial charge is 0.481 e. The Morgan fingerprint density at radius 3 is 2.35 bits per heavy atom. The molecule has 17 heavy (non-hydrogen) atoms. The molecule has 0 spiro atoms. The molecule has 1 saturated carbocycles. The molecular weight excluding hydrogens is 220 g/mol. The van der Waals surface area contributed by atoms with Crippen molar-refractivity contribution in [2.45, 2.75) is 32.6 Å².